The van der Waals surface area contributed by atoms with E-state index >= 15 is 0 Å². The molecule has 1 saturated heterocycles. The van der Waals surface area contributed by atoms with Gasteiger partial charge in [-0.25, -0.2) is 9.78 Å². The van der Waals surface area contributed by atoms with Gasteiger partial charge in [-0.2, -0.15) is 0 Å². The summed E-state index contributed by atoms with van der Waals surface area (Å²) in [5.41, 5.74) is 1.90. The van der Waals surface area contributed by atoms with E-state index in [2.05, 4.69) is 20.5 Å². The third-order valence-corrected chi connectivity index (χ3v) is 6.76. The highest BCUT2D eigenvalue weighted by molar-refractivity contribution is 7.15. The lowest BCUT2D eigenvalue weighted by Crippen LogP contribution is -2.45. The van der Waals surface area contributed by atoms with Crippen LogP contribution in [0.3, 0.4) is 0 Å². The van der Waals surface area contributed by atoms with E-state index in [9.17, 15) is 9.59 Å². The third-order valence-electron chi connectivity index (χ3n) is 5.72. The Kier molecular flexibility index (Phi) is 7.31. The largest absolute Gasteiger partial charge is 0.444 e. The van der Waals surface area contributed by atoms with Gasteiger partial charge in [0, 0.05) is 36.1 Å². The number of rotatable bonds is 5. The van der Waals surface area contributed by atoms with Crippen LogP contribution in [0.1, 0.15) is 53.7 Å². The van der Waals surface area contributed by atoms with Gasteiger partial charge in [-0.05, 0) is 57.7 Å². The highest BCUT2D eigenvalue weighted by Gasteiger charge is 2.28. The summed E-state index contributed by atoms with van der Waals surface area (Å²) < 4.78 is 10.7. The Morgan fingerprint density at radius 1 is 1.27 bits per heavy atom. The summed E-state index contributed by atoms with van der Waals surface area (Å²) in [5.74, 6) is -0.204. The maximum atomic E-state index is 12.8. The summed E-state index contributed by atoms with van der Waals surface area (Å²) in [7, 11) is 0. The molecule has 0 bridgehead atoms. The van der Waals surface area contributed by atoms with Crippen molar-refractivity contribution in [2.24, 2.45) is 0 Å². The molecule has 2 aromatic rings. The minimum absolute atomic E-state index is 0.204. The number of aryl methyl sites for hydroxylation is 1. The van der Waals surface area contributed by atoms with Crippen LogP contribution in [-0.4, -0.2) is 59.8 Å². The van der Waals surface area contributed by atoms with Gasteiger partial charge >= 0.3 is 6.09 Å². The Morgan fingerprint density at radius 3 is 2.82 bits per heavy atom. The van der Waals surface area contributed by atoms with E-state index < -0.39 is 11.7 Å². The number of ether oxygens (including phenoxy) is 2. The Hall–Kier alpha value is -2.49. The smallest absolute Gasteiger partial charge is 0.407 e. The predicted molar refractivity (Wildman–Crippen MR) is 128 cm³/mol. The minimum Gasteiger partial charge on any atom is -0.444 e. The molecule has 0 spiro atoms. The first-order chi connectivity index (χ1) is 15.8. The Morgan fingerprint density at radius 2 is 2.06 bits per heavy atom. The van der Waals surface area contributed by atoms with Crippen molar-refractivity contribution >= 4 is 28.5 Å². The number of thiazole rings is 1. The number of morpholine rings is 1. The van der Waals surface area contributed by atoms with Gasteiger partial charge in [0.2, 0.25) is 0 Å². The molecule has 8 nitrogen and oxygen atoms in total. The van der Waals surface area contributed by atoms with Crippen LogP contribution in [0, 0.1) is 0 Å². The summed E-state index contributed by atoms with van der Waals surface area (Å²) in [6.07, 6.45) is 2.53. The Labute approximate surface area is 198 Å². The van der Waals surface area contributed by atoms with Crippen molar-refractivity contribution in [2.75, 3.05) is 31.6 Å². The molecule has 2 N–H and O–H groups in total. The lowest BCUT2D eigenvalue weighted by atomic mass is 9.96. The van der Waals surface area contributed by atoms with Crippen molar-refractivity contribution in [3.05, 3.63) is 46.0 Å². The lowest BCUT2D eigenvalue weighted by molar-refractivity contribution is 0.0139. The number of fused-ring (bicyclic) bond motifs is 1. The molecule has 9 heteroatoms. The number of benzene rings is 1. The van der Waals surface area contributed by atoms with Crippen LogP contribution in [0.4, 0.5) is 9.93 Å². The number of carbonyl (C=O) groups excluding carboxylic acids is 2. The molecule has 1 unspecified atom stereocenters. The number of hydrogen-bond acceptors (Lipinski definition) is 7. The fourth-order valence-electron chi connectivity index (χ4n) is 4.15. The van der Waals surface area contributed by atoms with Gasteiger partial charge in [-0.15, -0.1) is 11.3 Å². The number of aromatic nitrogens is 1. The number of carbonyl (C=O) groups is 2. The molecule has 1 aromatic heterocycles. The maximum Gasteiger partial charge on any atom is 0.407 e. The summed E-state index contributed by atoms with van der Waals surface area (Å²) in [6.45, 7) is 9.32. The number of alkyl carbamates (subject to hydrolysis) is 1. The average Bonchev–Trinajstić information content (AvgIpc) is 3.19. The molecule has 4 rings (SSSR count). The molecule has 1 aromatic carbocycles. The number of anilines is 1. The van der Waals surface area contributed by atoms with Crippen molar-refractivity contribution in [1.29, 1.82) is 0 Å². The van der Waals surface area contributed by atoms with Crippen LogP contribution in [-0.2, 0) is 28.9 Å². The molecule has 2 aliphatic rings. The van der Waals surface area contributed by atoms with Gasteiger partial charge in [0.25, 0.3) is 5.91 Å². The molecular weight excluding hydrogens is 440 g/mol. The highest BCUT2D eigenvalue weighted by Crippen LogP contribution is 2.32. The van der Waals surface area contributed by atoms with Gasteiger partial charge in [0.05, 0.1) is 18.9 Å². The standard InChI is InChI=1S/C24H32N4O4S/c1-24(2,3)32-23(30)25-15-16-5-4-6-17(13-16)21(29)27-22-26-19-8-7-18(14-20(19)33-22)28-9-11-31-12-10-28/h4-6,13,18H,7-12,14-15H2,1-3H3,(H,25,30)(H,26,27,29). The van der Waals surface area contributed by atoms with Crippen LogP contribution in [0.15, 0.2) is 24.3 Å². The van der Waals surface area contributed by atoms with Gasteiger partial charge < -0.3 is 14.8 Å². The second-order valence-corrected chi connectivity index (χ2v) is 10.5. The van der Waals surface area contributed by atoms with Crippen LogP contribution < -0.4 is 10.6 Å². The first kappa shape index (κ1) is 23.7. The van der Waals surface area contributed by atoms with Crippen molar-refractivity contribution in [3.63, 3.8) is 0 Å². The number of hydrogen-bond donors (Lipinski definition) is 2. The second-order valence-electron chi connectivity index (χ2n) is 9.44. The lowest BCUT2D eigenvalue weighted by Gasteiger charge is -2.36. The fourth-order valence-corrected chi connectivity index (χ4v) is 5.22. The van der Waals surface area contributed by atoms with Crippen molar-refractivity contribution < 1.29 is 19.1 Å². The molecular formula is C24H32N4O4S. The minimum atomic E-state index is -0.555. The van der Waals surface area contributed by atoms with Crippen LogP contribution >= 0.6 is 11.3 Å². The number of nitrogens with one attached hydrogen (secondary N) is 2. The first-order valence-corrected chi connectivity index (χ1v) is 12.3. The normalized spacial score (nSPS) is 18.9. The summed E-state index contributed by atoms with van der Waals surface area (Å²) in [6, 6.07) is 7.73. The van der Waals surface area contributed by atoms with Crippen molar-refractivity contribution in [3.8, 4) is 0 Å². The third kappa shape index (κ3) is 6.52. The van der Waals surface area contributed by atoms with E-state index in [4.69, 9.17) is 9.47 Å². The average molecular weight is 473 g/mol. The maximum absolute atomic E-state index is 12.8. The predicted octanol–water partition coefficient (Wildman–Crippen LogP) is 3.61. The van der Waals surface area contributed by atoms with E-state index in [-0.39, 0.29) is 12.5 Å². The Balaban J connectivity index is 1.34. The Bertz CT molecular complexity index is 995. The molecule has 2 amide bonds. The quantitative estimate of drug-likeness (QED) is 0.691. The van der Waals surface area contributed by atoms with E-state index in [1.165, 1.54) is 4.88 Å². The molecule has 178 valence electrons. The second kappa shape index (κ2) is 10.2. The summed E-state index contributed by atoms with van der Waals surface area (Å²) in [4.78, 5) is 33.2. The highest BCUT2D eigenvalue weighted by atomic mass is 32.1. The molecule has 0 radical (unpaired) electrons. The van der Waals surface area contributed by atoms with Gasteiger partial charge in [0.1, 0.15) is 5.60 Å². The van der Waals surface area contributed by atoms with Crippen LogP contribution in [0.2, 0.25) is 0 Å². The van der Waals surface area contributed by atoms with Gasteiger partial charge in [0.15, 0.2) is 5.13 Å². The van der Waals surface area contributed by atoms with E-state index in [0.717, 1.165) is 56.8 Å². The van der Waals surface area contributed by atoms with Crippen molar-refractivity contribution in [1.82, 2.24) is 15.2 Å². The molecule has 2 heterocycles. The topological polar surface area (TPSA) is 92.8 Å². The zero-order valence-corrected chi connectivity index (χ0v) is 20.3. The van der Waals surface area contributed by atoms with Crippen LogP contribution in [0.5, 0.6) is 0 Å². The SMILES string of the molecule is CC(C)(C)OC(=O)NCc1cccc(C(=O)Nc2nc3c(s2)CC(N2CCOCC2)CC3)c1. The zero-order chi connectivity index (χ0) is 23.4. The monoisotopic (exact) mass is 472 g/mol. The number of amides is 2. The summed E-state index contributed by atoms with van der Waals surface area (Å²) in [5, 5.41) is 6.32. The summed E-state index contributed by atoms with van der Waals surface area (Å²) >= 11 is 1.58. The van der Waals surface area contributed by atoms with Gasteiger partial charge in [-0.1, -0.05) is 12.1 Å². The zero-order valence-electron chi connectivity index (χ0n) is 19.5. The molecule has 0 saturated carbocycles. The molecule has 1 fully saturated rings. The molecule has 1 atom stereocenters. The fraction of sp³-hybridized carbons (Fsp3) is 0.542. The molecule has 33 heavy (non-hydrogen) atoms. The van der Waals surface area contributed by atoms with E-state index in [1.54, 1.807) is 29.5 Å². The first-order valence-electron chi connectivity index (χ1n) is 11.4. The van der Waals surface area contributed by atoms with Crippen LogP contribution in [0.25, 0.3) is 0 Å². The number of nitrogens with zero attached hydrogens (tertiary/aromatic N) is 2. The molecule has 1 aliphatic carbocycles. The van der Waals surface area contributed by atoms with Crippen molar-refractivity contribution in [2.45, 2.75) is 58.2 Å². The van der Waals surface area contributed by atoms with E-state index in [1.807, 2.05) is 26.8 Å². The molecule has 1 aliphatic heterocycles. The van der Waals surface area contributed by atoms with E-state index in [0.29, 0.717) is 16.7 Å². The van der Waals surface area contributed by atoms with Gasteiger partial charge in [-0.3, -0.25) is 15.0 Å².